The standard InChI is InChI=1S/C5H8N4/c1-2-6-5-7-3-4-8-9-5/h3-4H,2H2,1H3,(H,6,7,9). The largest absolute Gasteiger partial charge is 0.353 e. The van der Waals surface area contributed by atoms with Crippen molar-refractivity contribution in [3.63, 3.8) is 0 Å². The minimum atomic E-state index is 0.583. The second-order valence-electron chi connectivity index (χ2n) is 1.50. The van der Waals surface area contributed by atoms with Gasteiger partial charge in [0.2, 0.25) is 5.95 Å². The van der Waals surface area contributed by atoms with Crippen LogP contribution in [0.1, 0.15) is 6.92 Å². The van der Waals surface area contributed by atoms with E-state index in [-0.39, 0.29) is 0 Å². The molecule has 9 heavy (non-hydrogen) atoms. The number of hydrogen-bond acceptors (Lipinski definition) is 4. The number of hydrogen-bond donors (Lipinski definition) is 1. The van der Waals surface area contributed by atoms with Gasteiger partial charge in [-0.15, -0.1) is 5.10 Å². The van der Waals surface area contributed by atoms with Crippen LogP contribution in [-0.4, -0.2) is 21.7 Å². The summed E-state index contributed by atoms with van der Waals surface area (Å²) in [5.74, 6) is 0.583. The number of nitrogens with zero attached hydrogens (tertiary/aromatic N) is 3. The second kappa shape index (κ2) is 2.96. The highest BCUT2D eigenvalue weighted by molar-refractivity contribution is 5.18. The monoisotopic (exact) mass is 124 g/mol. The highest BCUT2D eigenvalue weighted by atomic mass is 15.2. The van der Waals surface area contributed by atoms with Crippen LogP contribution >= 0.6 is 0 Å². The van der Waals surface area contributed by atoms with E-state index in [1.807, 2.05) is 6.92 Å². The van der Waals surface area contributed by atoms with Crippen molar-refractivity contribution in [3.05, 3.63) is 12.4 Å². The molecule has 0 amide bonds. The highest BCUT2D eigenvalue weighted by Crippen LogP contribution is 1.88. The Kier molecular flexibility index (Phi) is 1.95. The molecule has 0 fully saturated rings. The van der Waals surface area contributed by atoms with Gasteiger partial charge in [-0.3, -0.25) is 0 Å². The Labute approximate surface area is 53.3 Å². The summed E-state index contributed by atoms with van der Waals surface area (Å²) in [5, 5.41) is 10.2. The summed E-state index contributed by atoms with van der Waals surface area (Å²) in [6.45, 7) is 2.81. The lowest BCUT2D eigenvalue weighted by Crippen LogP contribution is -2.01. The average Bonchev–Trinajstić information content (AvgIpc) is 1.91. The molecule has 0 bridgehead atoms. The van der Waals surface area contributed by atoms with Crippen LogP contribution < -0.4 is 5.32 Å². The fourth-order valence-corrected chi connectivity index (χ4v) is 0.487. The summed E-state index contributed by atoms with van der Waals surface area (Å²) >= 11 is 0. The summed E-state index contributed by atoms with van der Waals surface area (Å²) in [6, 6.07) is 0. The molecule has 1 aromatic heterocycles. The van der Waals surface area contributed by atoms with Gasteiger partial charge in [-0.2, -0.15) is 5.10 Å². The quantitative estimate of drug-likeness (QED) is 0.616. The minimum absolute atomic E-state index is 0.583. The number of nitrogens with one attached hydrogen (secondary N) is 1. The minimum Gasteiger partial charge on any atom is -0.353 e. The van der Waals surface area contributed by atoms with Gasteiger partial charge in [0, 0.05) is 6.54 Å². The Morgan fingerprint density at radius 1 is 1.56 bits per heavy atom. The zero-order valence-corrected chi connectivity index (χ0v) is 5.20. The summed E-state index contributed by atoms with van der Waals surface area (Å²) in [7, 11) is 0. The molecule has 4 heteroatoms. The lowest BCUT2D eigenvalue weighted by molar-refractivity contribution is 0.955. The van der Waals surface area contributed by atoms with E-state index in [0.29, 0.717) is 5.95 Å². The summed E-state index contributed by atoms with van der Waals surface area (Å²) in [5.41, 5.74) is 0. The Hall–Kier alpha value is -1.19. The molecule has 0 saturated heterocycles. The third kappa shape index (κ3) is 1.64. The van der Waals surface area contributed by atoms with Crippen molar-refractivity contribution < 1.29 is 0 Å². The maximum Gasteiger partial charge on any atom is 0.242 e. The molecule has 48 valence electrons. The summed E-state index contributed by atoms with van der Waals surface area (Å²) in [4.78, 5) is 3.88. The van der Waals surface area contributed by atoms with Crippen molar-refractivity contribution >= 4 is 5.95 Å². The zero-order chi connectivity index (χ0) is 6.53. The first-order valence-corrected chi connectivity index (χ1v) is 2.81. The van der Waals surface area contributed by atoms with Crippen molar-refractivity contribution in [1.82, 2.24) is 15.2 Å². The van der Waals surface area contributed by atoms with Gasteiger partial charge in [0.1, 0.15) is 0 Å². The third-order valence-electron chi connectivity index (χ3n) is 0.818. The Balaban J connectivity index is 2.61. The normalized spacial score (nSPS) is 9.00. The van der Waals surface area contributed by atoms with Crippen LogP contribution in [0.4, 0.5) is 5.95 Å². The maximum absolute atomic E-state index is 3.88. The van der Waals surface area contributed by atoms with E-state index in [1.54, 1.807) is 12.4 Å². The molecule has 1 heterocycles. The molecule has 1 rings (SSSR count). The van der Waals surface area contributed by atoms with E-state index in [2.05, 4.69) is 20.5 Å². The average molecular weight is 124 g/mol. The molecule has 0 aliphatic heterocycles. The SMILES string of the molecule is CCNc1nccnn1. The van der Waals surface area contributed by atoms with E-state index in [0.717, 1.165) is 6.54 Å². The molecule has 4 nitrogen and oxygen atoms in total. The fraction of sp³-hybridized carbons (Fsp3) is 0.400. The van der Waals surface area contributed by atoms with Crippen molar-refractivity contribution in [2.24, 2.45) is 0 Å². The van der Waals surface area contributed by atoms with E-state index >= 15 is 0 Å². The molecule has 0 aliphatic carbocycles. The van der Waals surface area contributed by atoms with Crippen molar-refractivity contribution in [2.45, 2.75) is 6.92 Å². The first-order chi connectivity index (χ1) is 4.43. The van der Waals surface area contributed by atoms with Crippen molar-refractivity contribution in [3.8, 4) is 0 Å². The Morgan fingerprint density at radius 3 is 3.00 bits per heavy atom. The highest BCUT2D eigenvalue weighted by Gasteiger charge is 1.86. The van der Waals surface area contributed by atoms with Crippen LogP contribution in [0, 0.1) is 0 Å². The van der Waals surface area contributed by atoms with Crippen LogP contribution in [0.3, 0.4) is 0 Å². The smallest absolute Gasteiger partial charge is 0.242 e. The van der Waals surface area contributed by atoms with Crippen molar-refractivity contribution in [2.75, 3.05) is 11.9 Å². The van der Waals surface area contributed by atoms with Crippen LogP contribution in [0.25, 0.3) is 0 Å². The molecule has 0 saturated carbocycles. The predicted molar refractivity (Wildman–Crippen MR) is 34.0 cm³/mol. The Bertz CT molecular complexity index is 162. The molecular formula is C5H8N4. The number of anilines is 1. The van der Waals surface area contributed by atoms with E-state index < -0.39 is 0 Å². The van der Waals surface area contributed by atoms with Gasteiger partial charge >= 0.3 is 0 Å². The second-order valence-corrected chi connectivity index (χ2v) is 1.50. The van der Waals surface area contributed by atoms with E-state index in [4.69, 9.17) is 0 Å². The summed E-state index contributed by atoms with van der Waals surface area (Å²) in [6.07, 6.45) is 3.14. The van der Waals surface area contributed by atoms with Crippen LogP contribution in [0.5, 0.6) is 0 Å². The number of rotatable bonds is 2. The van der Waals surface area contributed by atoms with Gasteiger partial charge in [-0.05, 0) is 6.92 Å². The van der Waals surface area contributed by atoms with Gasteiger partial charge < -0.3 is 5.32 Å². The van der Waals surface area contributed by atoms with Crippen LogP contribution in [0.15, 0.2) is 12.4 Å². The van der Waals surface area contributed by atoms with Gasteiger partial charge in [0.05, 0.1) is 12.4 Å². The van der Waals surface area contributed by atoms with Gasteiger partial charge in [-0.1, -0.05) is 0 Å². The maximum atomic E-state index is 3.88. The third-order valence-corrected chi connectivity index (χ3v) is 0.818. The van der Waals surface area contributed by atoms with Crippen molar-refractivity contribution in [1.29, 1.82) is 0 Å². The first kappa shape index (κ1) is 5.94. The molecule has 0 unspecified atom stereocenters. The summed E-state index contributed by atoms with van der Waals surface area (Å²) < 4.78 is 0. The molecule has 0 aromatic carbocycles. The molecule has 0 radical (unpaired) electrons. The Morgan fingerprint density at radius 2 is 2.44 bits per heavy atom. The lowest BCUT2D eigenvalue weighted by atomic mass is 10.7. The molecule has 1 N–H and O–H groups in total. The van der Waals surface area contributed by atoms with Gasteiger partial charge in [0.15, 0.2) is 0 Å². The van der Waals surface area contributed by atoms with E-state index in [1.165, 1.54) is 0 Å². The van der Waals surface area contributed by atoms with E-state index in [9.17, 15) is 0 Å². The van der Waals surface area contributed by atoms with Gasteiger partial charge in [-0.25, -0.2) is 4.98 Å². The number of aromatic nitrogens is 3. The zero-order valence-electron chi connectivity index (χ0n) is 5.20. The topological polar surface area (TPSA) is 50.7 Å². The molecule has 1 aromatic rings. The molecule has 0 spiro atoms. The molecule has 0 atom stereocenters. The fourth-order valence-electron chi connectivity index (χ4n) is 0.487. The predicted octanol–water partition coefficient (Wildman–Crippen LogP) is 0.303. The van der Waals surface area contributed by atoms with Gasteiger partial charge in [0.25, 0.3) is 0 Å². The molecule has 0 aliphatic rings. The lowest BCUT2D eigenvalue weighted by Gasteiger charge is -1.95. The first-order valence-electron chi connectivity index (χ1n) is 2.81. The van der Waals surface area contributed by atoms with Crippen LogP contribution in [-0.2, 0) is 0 Å². The van der Waals surface area contributed by atoms with Crippen LogP contribution in [0.2, 0.25) is 0 Å². The molecular weight excluding hydrogens is 116 g/mol.